The van der Waals surface area contributed by atoms with Crippen molar-refractivity contribution in [2.45, 2.75) is 19.4 Å². The number of hydrogen-bond acceptors (Lipinski definition) is 2. The highest BCUT2D eigenvalue weighted by Gasteiger charge is 2.47. The van der Waals surface area contributed by atoms with Gasteiger partial charge in [0.1, 0.15) is 0 Å². The van der Waals surface area contributed by atoms with Crippen LogP contribution >= 0.6 is 0 Å². The zero-order valence-electron chi connectivity index (χ0n) is 7.04. The average Bonchev–Trinajstić information content (AvgIpc) is 2.41. The number of carbonyl (C=O) groups is 2. The van der Waals surface area contributed by atoms with E-state index in [2.05, 4.69) is 5.32 Å². The van der Waals surface area contributed by atoms with Gasteiger partial charge >= 0.3 is 0 Å². The number of β-lactam (4-membered cyclic amide) rings is 1. The molecule has 0 aromatic heterocycles. The molecule has 0 bridgehead atoms. The van der Waals surface area contributed by atoms with E-state index in [-0.39, 0.29) is 23.8 Å². The fourth-order valence-electron chi connectivity index (χ4n) is 1.84. The lowest BCUT2D eigenvalue weighted by molar-refractivity contribution is -0.132. The van der Waals surface area contributed by atoms with E-state index in [0.717, 1.165) is 0 Å². The van der Waals surface area contributed by atoms with Crippen LogP contribution in [-0.2, 0) is 9.59 Å². The van der Waals surface area contributed by atoms with Gasteiger partial charge in [0, 0.05) is 19.5 Å². The SMILES string of the molecule is CCC(=O)N1C[C@@H]2NC(=O)[C@@H]2C1. The van der Waals surface area contributed by atoms with Gasteiger partial charge < -0.3 is 10.2 Å². The first kappa shape index (κ1) is 7.58. The highest BCUT2D eigenvalue weighted by molar-refractivity contribution is 5.88. The van der Waals surface area contributed by atoms with Crippen LogP contribution in [0.1, 0.15) is 13.3 Å². The Morgan fingerprint density at radius 2 is 2.42 bits per heavy atom. The fourth-order valence-corrected chi connectivity index (χ4v) is 1.84. The van der Waals surface area contributed by atoms with E-state index in [1.54, 1.807) is 4.90 Å². The maximum atomic E-state index is 11.2. The lowest BCUT2D eigenvalue weighted by Gasteiger charge is -2.28. The van der Waals surface area contributed by atoms with Gasteiger partial charge in [-0.25, -0.2) is 0 Å². The minimum atomic E-state index is 0.0838. The van der Waals surface area contributed by atoms with E-state index >= 15 is 0 Å². The van der Waals surface area contributed by atoms with Gasteiger partial charge in [-0.1, -0.05) is 6.92 Å². The molecule has 0 radical (unpaired) electrons. The molecule has 2 rings (SSSR count). The number of carbonyl (C=O) groups excluding carboxylic acids is 2. The van der Waals surface area contributed by atoms with E-state index in [9.17, 15) is 9.59 Å². The van der Waals surface area contributed by atoms with E-state index in [4.69, 9.17) is 0 Å². The van der Waals surface area contributed by atoms with Crippen molar-refractivity contribution in [3.05, 3.63) is 0 Å². The standard InChI is InChI=1S/C8H12N2O2/c1-2-7(11)10-3-5-6(4-10)9-8(5)12/h5-6H,2-4H2,1H3,(H,9,12)/t5-,6+/m1/s1. The lowest BCUT2D eigenvalue weighted by Crippen LogP contribution is -2.57. The Bertz CT molecular complexity index is 239. The zero-order valence-corrected chi connectivity index (χ0v) is 7.04. The van der Waals surface area contributed by atoms with Crippen LogP contribution in [0.2, 0.25) is 0 Å². The lowest BCUT2D eigenvalue weighted by atomic mass is 9.95. The Balaban J connectivity index is 1.98. The summed E-state index contributed by atoms with van der Waals surface area (Å²) in [5.74, 6) is 0.339. The van der Waals surface area contributed by atoms with Crippen LogP contribution in [0.3, 0.4) is 0 Å². The molecule has 0 aromatic carbocycles. The number of hydrogen-bond donors (Lipinski definition) is 1. The second-order valence-corrected chi connectivity index (χ2v) is 3.37. The van der Waals surface area contributed by atoms with Crippen molar-refractivity contribution < 1.29 is 9.59 Å². The molecule has 0 aliphatic carbocycles. The van der Waals surface area contributed by atoms with Crippen LogP contribution < -0.4 is 5.32 Å². The maximum Gasteiger partial charge on any atom is 0.227 e. The summed E-state index contributed by atoms with van der Waals surface area (Å²) in [5.41, 5.74) is 0. The molecule has 2 fully saturated rings. The smallest absolute Gasteiger partial charge is 0.227 e. The summed E-state index contributed by atoms with van der Waals surface area (Å²) < 4.78 is 0. The third kappa shape index (κ3) is 0.906. The molecule has 4 heteroatoms. The van der Waals surface area contributed by atoms with Crippen LogP contribution in [-0.4, -0.2) is 35.8 Å². The van der Waals surface area contributed by atoms with Gasteiger partial charge in [-0.15, -0.1) is 0 Å². The second kappa shape index (κ2) is 2.47. The molecule has 2 heterocycles. The molecule has 12 heavy (non-hydrogen) atoms. The number of amides is 2. The van der Waals surface area contributed by atoms with Gasteiger partial charge in [-0.3, -0.25) is 9.59 Å². The largest absolute Gasteiger partial charge is 0.350 e. The van der Waals surface area contributed by atoms with Crippen LogP contribution in [0.4, 0.5) is 0 Å². The summed E-state index contributed by atoms with van der Waals surface area (Å²) in [5, 5.41) is 2.78. The molecular weight excluding hydrogens is 156 g/mol. The number of nitrogens with zero attached hydrogens (tertiary/aromatic N) is 1. The third-order valence-electron chi connectivity index (χ3n) is 2.64. The van der Waals surface area contributed by atoms with Crippen molar-refractivity contribution in [3.63, 3.8) is 0 Å². The maximum absolute atomic E-state index is 11.2. The molecule has 2 aliphatic heterocycles. The van der Waals surface area contributed by atoms with Crippen molar-refractivity contribution in [3.8, 4) is 0 Å². The summed E-state index contributed by atoms with van der Waals surface area (Å²) in [7, 11) is 0. The fraction of sp³-hybridized carbons (Fsp3) is 0.750. The van der Waals surface area contributed by atoms with E-state index in [1.165, 1.54) is 0 Å². The Morgan fingerprint density at radius 1 is 1.67 bits per heavy atom. The van der Waals surface area contributed by atoms with Crippen molar-refractivity contribution in [2.75, 3.05) is 13.1 Å². The molecule has 66 valence electrons. The molecule has 2 saturated heterocycles. The van der Waals surface area contributed by atoms with Gasteiger partial charge in [0.25, 0.3) is 0 Å². The molecule has 2 amide bonds. The summed E-state index contributed by atoms with van der Waals surface area (Å²) in [6.07, 6.45) is 0.535. The van der Waals surface area contributed by atoms with Crippen molar-refractivity contribution in [1.29, 1.82) is 0 Å². The van der Waals surface area contributed by atoms with Crippen LogP contribution in [0.25, 0.3) is 0 Å². The topological polar surface area (TPSA) is 49.4 Å². The van der Waals surface area contributed by atoms with E-state index < -0.39 is 0 Å². The Hall–Kier alpha value is -1.06. The molecular formula is C8H12N2O2. The summed E-state index contributed by atoms with van der Waals surface area (Å²) in [4.78, 5) is 23.9. The van der Waals surface area contributed by atoms with Crippen LogP contribution in [0, 0.1) is 5.92 Å². The van der Waals surface area contributed by atoms with Crippen LogP contribution in [0.15, 0.2) is 0 Å². The first-order valence-electron chi connectivity index (χ1n) is 4.30. The zero-order chi connectivity index (χ0) is 8.72. The normalized spacial score (nSPS) is 32.4. The second-order valence-electron chi connectivity index (χ2n) is 3.37. The van der Waals surface area contributed by atoms with Gasteiger partial charge in [0.05, 0.1) is 12.0 Å². The summed E-state index contributed by atoms with van der Waals surface area (Å²) >= 11 is 0. The molecule has 0 aromatic rings. The molecule has 0 saturated carbocycles. The van der Waals surface area contributed by atoms with E-state index in [0.29, 0.717) is 19.5 Å². The highest BCUT2D eigenvalue weighted by Crippen LogP contribution is 2.24. The van der Waals surface area contributed by atoms with Crippen molar-refractivity contribution in [2.24, 2.45) is 5.92 Å². The minimum absolute atomic E-state index is 0.0838. The van der Waals surface area contributed by atoms with Crippen molar-refractivity contribution >= 4 is 11.8 Å². The average molecular weight is 168 g/mol. The minimum Gasteiger partial charge on any atom is -0.350 e. The number of nitrogens with one attached hydrogen (secondary N) is 1. The summed E-state index contributed by atoms with van der Waals surface area (Å²) in [6, 6.07) is 0.244. The molecule has 1 N–H and O–H groups in total. The number of rotatable bonds is 1. The molecule has 2 atom stereocenters. The molecule has 4 nitrogen and oxygen atoms in total. The molecule has 0 unspecified atom stereocenters. The quantitative estimate of drug-likeness (QED) is 0.529. The Kier molecular flexibility index (Phi) is 1.56. The predicted octanol–water partition coefficient (Wildman–Crippen LogP) is -0.647. The highest BCUT2D eigenvalue weighted by atomic mass is 16.2. The third-order valence-corrected chi connectivity index (χ3v) is 2.64. The number of likely N-dealkylation sites (tertiary alicyclic amines) is 1. The van der Waals surface area contributed by atoms with Gasteiger partial charge in [-0.2, -0.15) is 0 Å². The summed E-state index contributed by atoms with van der Waals surface area (Å²) in [6.45, 7) is 3.18. The Labute approximate surface area is 70.9 Å². The predicted molar refractivity (Wildman–Crippen MR) is 42.3 cm³/mol. The monoisotopic (exact) mass is 168 g/mol. The first-order chi connectivity index (χ1) is 5.72. The molecule has 2 aliphatic rings. The van der Waals surface area contributed by atoms with Gasteiger partial charge in [0.15, 0.2) is 0 Å². The van der Waals surface area contributed by atoms with E-state index in [1.807, 2.05) is 6.92 Å². The molecule has 0 spiro atoms. The van der Waals surface area contributed by atoms with Crippen LogP contribution in [0.5, 0.6) is 0 Å². The van der Waals surface area contributed by atoms with Gasteiger partial charge in [-0.05, 0) is 0 Å². The first-order valence-corrected chi connectivity index (χ1v) is 4.30. The van der Waals surface area contributed by atoms with Crippen molar-refractivity contribution in [1.82, 2.24) is 10.2 Å². The van der Waals surface area contributed by atoms with Gasteiger partial charge in [0.2, 0.25) is 11.8 Å². The number of fused-ring (bicyclic) bond motifs is 1. The Morgan fingerprint density at radius 3 is 2.92 bits per heavy atom.